The van der Waals surface area contributed by atoms with Crippen LogP contribution in [0.3, 0.4) is 0 Å². The summed E-state index contributed by atoms with van der Waals surface area (Å²) in [4.78, 5) is 6.06. The first-order valence-corrected chi connectivity index (χ1v) is 14.4. The molecule has 7 aromatic rings. The van der Waals surface area contributed by atoms with Gasteiger partial charge in [-0.3, -0.25) is 0 Å². The van der Waals surface area contributed by atoms with E-state index < -0.39 is 0 Å². The van der Waals surface area contributed by atoms with Gasteiger partial charge in [-0.05, 0) is 79.5 Å². The molecule has 8 rings (SSSR count). The molecule has 2 heteroatoms. The fraction of sp³-hybridized carbons (Fsp3) is 0.0750. The largest absolute Gasteiger partial charge is 0.311 e. The maximum absolute atomic E-state index is 7.69. The Bertz CT molecular complexity index is 2240. The average molecular weight is 537 g/mol. The van der Waals surface area contributed by atoms with Gasteiger partial charge in [-0.1, -0.05) is 117 Å². The van der Waals surface area contributed by atoms with E-state index in [1.807, 2.05) is 24.3 Å². The molecule has 2 nitrogen and oxygen atoms in total. The Labute approximate surface area is 245 Å². The number of hydrogen-bond acceptors (Lipinski definition) is 1. The molecule has 0 aromatic heterocycles. The van der Waals surface area contributed by atoms with Crippen molar-refractivity contribution in [1.82, 2.24) is 0 Å². The van der Waals surface area contributed by atoms with Crippen LogP contribution in [0.2, 0.25) is 0 Å². The molecule has 0 N–H and O–H groups in total. The SMILES string of the molecule is [C-]#[N+]c1cccc(N(c2ccccc2)c2cc3c(c4ccccc24)-c2c(c4ccccc4c4ccccc24)C3(C)C)c1. The molecular weight excluding hydrogens is 508 g/mol. The molecule has 198 valence electrons. The Balaban J connectivity index is 1.52. The zero-order valence-corrected chi connectivity index (χ0v) is 23.6. The topological polar surface area (TPSA) is 7.60 Å². The first kappa shape index (κ1) is 24.4. The van der Waals surface area contributed by atoms with E-state index in [2.05, 4.69) is 133 Å². The van der Waals surface area contributed by atoms with Crippen molar-refractivity contribution in [2.45, 2.75) is 19.3 Å². The van der Waals surface area contributed by atoms with Crippen molar-refractivity contribution >= 4 is 55.1 Å². The van der Waals surface area contributed by atoms with Crippen molar-refractivity contribution < 1.29 is 0 Å². The molecule has 0 aliphatic heterocycles. The molecule has 42 heavy (non-hydrogen) atoms. The summed E-state index contributed by atoms with van der Waals surface area (Å²) < 4.78 is 0. The standard InChI is InChI=1S/C40H28N2/c1-40(2)35-25-36(42(27-15-5-4-6-16-27)28-17-13-14-26(24-28)41-3)31-20-9-11-22-33(31)37(35)38-32-21-10-7-18-29(32)30-19-8-12-23-34(30)39(38)40/h4-25H,1-2H3. The molecule has 0 atom stereocenters. The highest BCUT2D eigenvalue weighted by atomic mass is 15.1. The van der Waals surface area contributed by atoms with Gasteiger partial charge in [0.2, 0.25) is 0 Å². The van der Waals surface area contributed by atoms with Crippen LogP contribution in [0.1, 0.15) is 25.0 Å². The third kappa shape index (κ3) is 3.38. The van der Waals surface area contributed by atoms with Crippen molar-refractivity contribution in [2.24, 2.45) is 0 Å². The van der Waals surface area contributed by atoms with Gasteiger partial charge in [-0.15, -0.1) is 0 Å². The lowest BCUT2D eigenvalue weighted by atomic mass is 9.79. The summed E-state index contributed by atoms with van der Waals surface area (Å²) in [5.41, 5.74) is 8.97. The summed E-state index contributed by atoms with van der Waals surface area (Å²) in [6, 6.07) is 47.4. The van der Waals surface area contributed by atoms with Gasteiger partial charge in [-0.25, -0.2) is 4.85 Å². The molecule has 0 bridgehead atoms. The number of benzene rings is 7. The number of anilines is 3. The summed E-state index contributed by atoms with van der Waals surface area (Å²) in [5, 5.41) is 7.67. The summed E-state index contributed by atoms with van der Waals surface area (Å²) in [7, 11) is 0. The highest BCUT2D eigenvalue weighted by molar-refractivity contribution is 6.22. The summed E-state index contributed by atoms with van der Waals surface area (Å²) in [6.07, 6.45) is 0. The fourth-order valence-corrected chi connectivity index (χ4v) is 7.19. The number of hydrogen-bond donors (Lipinski definition) is 0. The normalized spacial score (nSPS) is 13.2. The van der Waals surface area contributed by atoms with Crippen LogP contribution in [0.25, 0.3) is 48.3 Å². The number of nitrogens with zero attached hydrogens (tertiary/aromatic N) is 2. The number of rotatable bonds is 3. The molecule has 7 aromatic carbocycles. The summed E-state index contributed by atoms with van der Waals surface area (Å²) >= 11 is 0. The molecule has 0 fully saturated rings. The van der Waals surface area contributed by atoms with E-state index in [0.29, 0.717) is 5.69 Å². The minimum Gasteiger partial charge on any atom is -0.311 e. The van der Waals surface area contributed by atoms with Crippen molar-refractivity contribution in [3.05, 3.63) is 156 Å². The first-order valence-electron chi connectivity index (χ1n) is 14.4. The molecule has 0 radical (unpaired) electrons. The number of fused-ring (bicyclic) bond motifs is 10. The van der Waals surface area contributed by atoms with E-state index in [0.717, 1.165) is 17.1 Å². The molecule has 0 spiro atoms. The molecule has 0 saturated heterocycles. The van der Waals surface area contributed by atoms with Gasteiger partial charge >= 0.3 is 0 Å². The van der Waals surface area contributed by atoms with E-state index in [4.69, 9.17) is 6.57 Å². The van der Waals surface area contributed by atoms with Crippen LogP contribution >= 0.6 is 0 Å². The summed E-state index contributed by atoms with van der Waals surface area (Å²) in [6.45, 7) is 12.4. The van der Waals surface area contributed by atoms with Gasteiger partial charge in [-0.2, -0.15) is 0 Å². The lowest BCUT2D eigenvalue weighted by molar-refractivity contribution is 0.667. The molecule has 0 heterocycles. The smallest absolute Gasteiger partial charge is 0.189 e. The zero-order chi connectivity index (χ0) is 28.4. The maximum atomic E-state index is 7.69. The quantitative estimate of drug-likeness (QED) is 0.161. The van der Waals surface area contributed by atoms with Gasteiger partial charge in [0.25, 0.3) is 0 Å². The van der Waals surface area contributed by atoms with E-state index in [-0.39, 0.29) is 5.41 Å². The van der Waals surface area contributed by atoms with Crippen LogP contribution in [0.15, 0.2) is 133 Å². The zero-order valence-electron chi connectivity index (χ0n) is 23.6. The van der Waals surface area contributed by atoms with E-state index in [1.165, 1.54) is 54.6 Å². The third-order valence-corrected chi connectivity index (χ3v) is 8.98. The van der Waals surface area contributed by atoms with Gasteiger partial charge in [0.1, 0.15) is 0 Å². The van der Waals surface area contributed by atoms with Crippen molar-refractivity contribution in [3.63, 3.8) is 0 Å². The predicted molar refractivity (Wildman–Crippen MR) is 177 cm³/mol. The third-order valence-electron chi connectivity index (χ3n) is 8.98. The molecule has 0 amide bonds. The van der Waals surface area contributed by atoms with E-state index in [9.17, 15) is 0 Å². The monoisotopic (exact) mass is 536 g/mol. The second-order valence-corrected chi connectivity index (χ2v) is 11.6. The maximum Gasteiger partial charge on any atom is 0.189 e. The van der Waals surface area contributed by atoms with E-state index in [1.54, 1.807) is 0 Å². The minimum atomic E-state index is -0.228. The van der Waals surface area contributed by atoms with Crippen molar-refractivity contribution in [2.75, 3.05) is 4.90 Å². The fourth-order valence-electron chi connectivity index (χ4n) is 7.19. The Morgan fingerprint density at radius 2 is 1.07 bits per heavy atom. The van der Waals surface area contributed by atoms with Gasteiger partial charge in [0.15, 0.2) is 5.69 Å². The Kier molecular flexibility index (Phi) is 5.27. The molecule has 0 saturated carbocycles. The predicted octanol–water partition coefficient (Wildman–Crippen LogP) is 11.5. The van der Waals surface area contributed by atoms with Crippen LogP contribution in [0.4, 0.5) is 22.7 Å². The van der Waals surface area contributed by atoms with Crippen LogP contribution in [0, 0.1) is 6.57 Å². The summed E-state index contributed by atoms with van der Waals surface area (Å²) in [5.74, 6) is 0. The average Bonchev–Trinajstić information content (AvgIpc) is 3.29. The van der Waals surface area contributed by atoms with Crippen LogP contribution in [-0.4, -0.2) is 0 Å². The highest BCUT2D eigenvalue weighted by Gasteiger charge is 2.40. The van der Waals surface area contributed by atoms with E-state index >= 15 is 0 Å². The molecule has 1 aliphatic rings. The second kappa shape index (κ2) is 9.06. The van der Waals surface area contributed by atoms with Crippen LogP contribution in [-0.2, 0) is 5.41 Å². The first-order chi connectivity index (χ1) is 20.6. The highest BCUT2D eigenvalue weighted by Crippen LogP contribution is 2.58. The van der Waals surface area contributed by atoms with Crippen LogP contribution < -0.4 is 4.90 Å². The number of para-hydroxylation sites is 1. The second-order valence-electron chi connectivity index (χ2n) is 11.6. The molecule has 1 aliphatic carbocycles. The Morgan fingerprint density at radius 3 is 1.76 bits per heavy atom. The van der Waals surface area contributed by atoms with Gasteiger partial charge < -0.3 is 4.90 Å². The minimum absolute atomic E-state index is 0.228. The molecule has 0 unspecified atom stereocenters. The molecular formula is C40H28N2. The van der Waals surface area contributed by atoms with Crippen LogP contribution in [0.5, 0.6) is 0 Å². The van der Waals surface area contributed by atoms with Crippen molar-refractivity contribution in [1.29, 1.82) is 0 Å². The van der Waals surface area contributed by atoms with Crippen molar-refractivity contribution in [3.8, 4) is 11.1 Å². The Hall–Kier alpha value is -5.39. The lowest BCUT2D eigenvalue weighted by Gasteiger charge is -2.30. The Morgan fingerprint density at radius 1 is 0.524 bits per heavy atom. The van der Waals surface area contributed by atoms with Gasteiger partial charge in [0, 0.05) is 22.2 Å². The van der Waals surface area contributed by atoms with Gasteiger partial charge in [0.05, 0.1) is 12.3 Å². The lowest BCUT2D eigenvalue weighted by Crippen LogP contribution is -2.17.